The van der Waals surface area contributed by atoms with Crippen LogP contribution >= 0.6 is 0 Å². The number of hydrogen-bond donors (Lipinski definition) is 6. The topological polar surface area (TPSA) is 175 Å². The van der Waals surface area contributed by atoms with Gasteiger partial charge in [0.1, 0.15) is 24.4 Å². The van der Waals surface area contributed by atoms with Gasteiger partial charge in [-0.15, -0.1) is 0 Å². The van der Waals surface area contributed by atoms with Gasteiger partial charge in [0, 0.05) is 6.42 Å². The van der Waals surface area contributed by atoms with Crippen LogP contribution in [0.2, 0.25) is 0 Å². The summed E-state index contributed by atoms with van der Waals surface area (Å²) in [5.41, 5.74) is 0. The third kappa shape index (κ3) is 52.5. The molecule has 1 rings (SSSR count). The molecule has 0 radical (unpaired) electrons. The van der Waals surface area contributed by atoms with Crippen LogP contribution in [0.25, 0.3) is 0 Å². The molecular weight excluding hydrogens is 1120 g/mol. The Bertz CT molecular complexity index is 1750. The Kier molecular flexibility index (Phi) is 62.5. The van der Waals surface area contributed by atoms with E-state index in [9.17, 15) is 35.1 Å². The van der Waals surface area contributed by atoms with Crippen molar-refractivity contribution in [3.63, 3.8) is 0 Å². The van der Waals surface area contributed by atoms with Crippen LogP contribution in [0, 0.1) is 0 Å². The highest BCUT2D eigenvalue weighted by Gasteiger charge is 2.47. The number of unbranched alkanes of at least 4 members (excludes halogenated alkanes) is 42. The summed E-state index contributed by atoms with van der Waals surface area (Å²) >= 11 is 0. The molecule has 0 spiro atoms. The van der Waals surface area contributed by atoms with Crippen LogP contribution in [-0.4, -0.2) is 99.6 Å². The highest BCUT2D eigenvalue weighted by molar-refractivity contribution is 5.80. The highest BCUT2D eigenvalue weighted by atomic mass is 16.7. The van der Waals surface area contributed by atoms with Gasteiger partial charge in [-0.25, -0.2) is 0 Å². The maximum absolute atomic E-state index is 13.5. The largest absolute Gasteiger partial charge is 0.454 e. The second-order valence-electron chi connectivity index (χ2n) is 26.4. The first-order valence-corrected chi connectivity index (χ1v) is 38.2. The van der Waals surface area contributed by atoms with Crippen LogP contribution in [-0.2, 0) is 23.8 Å². The Hall–Kier alpha value is -2.90. The second-order valence-corrected chi connectivity index (χ2v) is 26.4. The van der Waals surface area contributed by atoms with E-state index in [2.05, 4.69) is 86.8 Å². The van der Waals surface area contributed by atoms with Crippen molar-refractivity contribution in [3.05, 3.63) is 72.9 Å². The number of allylic oxidation sites excluding steroid dienone is 11. The lowest BCUT2D eigenvalue weighted by molar-refractivity contribution is -0.305. The van der Waals surface area contributed by atoms with Crippen LogP contribution in [0.4, 0.5) is 0 Å². The normalized spacial score (nSPS) is 18.4. The zero-order valence-electron chi connectivity index (χ0n) is 58.5. The maximum Gasteiger partial charge on any atom is 0.306 e. The minimum atomic E-state index is -1.62. The number of aliphatic hydroxyl groups excluding tert-OH is 5. The van der Waals surface area contributed by atoms with Crippen molar-refractivity contribution in [3.8, 4) is 0 Å². The number of rotatable bonds is 66. The van der Waals surface area contributed by atoms with E-state index in [4.69, 9.17) is 14.2 Å². The molecule has 1 aliphatic rings. The van der Waals surface area contributed by atoms with Gasteiger partial charge in [0.05, 0.1) is 25.4 Å². The van der Waals surface area contributed by atoms with Crippen molar-refractivity contribution >= 4 is 11.9 Å². The SMILES string of the molecule is CCCCC/C=C\C/C=C\C/C=C\CCCCCCCCCCCCCCCC(O)C(=O)NC(COC1OC(CO)C(O)C(O)C1OC(=O)CCCCCCCCCCCCCCC/C=C\C/C=C\CCCCC)C(O)/C=C/CCCCCCCCCCCC. The first-order chi connectivity index (χ1) is 44.2. The van der Waals surface area contributed by atoms with E-state index in [1.165, 1.54) is 231 Å². The number of ether oxygens (including phenoxy) is 3. The van der Waals surface area contributed by atoms with Crippen LogP contribution in [0.3, 0.4) is 0 Å². The Morgan fingerprint density at radius 3 is 1.17 bits per heavy atom. The van der Waals surface area contributed by atoms with E-state index in [0.717, 1.165) is 77.0 Å². The zero-order valence-corrected chi connectivity index (χ0v) is 58.5. The van der Waals surface area contributed by atoms with Crippen molar-refractivity contribution in [2.75, 3.05) is 13.2 Å². The highest BCUT2D eigenvalue weighted by Crippen LogP contribution is 2.26. The van der Waals surface area contributed by atoms with Crippen LogP contribution in [0.1, 0.15) is 355 Å². The molecule has 1 aliphatic heterocycles. The lowest BCUT2D eigenvalue weighted by Crippen LogP contribution is -2.61. The Morgan fingerprint density at radius 1 is 0.433 bits per heavy atom. The quantitative estimate of drug-likeness (QED) is 0.0195. The Balaban J connectivity index is 2.52. The summed E-state index contributed by atoms with van der Waals surface area (Å²) in [6, 6.07) is -1.03. The third-order valence-electron chi connectivity index (χ3n) is 17.8. The second kappa shape index (κ2) is 66.1. The molecule has 524 valence electrons. The number of carbonyl (C=O) groups excluding carboxylic acids is 2. The average Bonchev–Trinajstić information content (AvgIpc) is 1.11. The molecule has 8 unspecified atom stereocenters. The molecule has 1 heterocycles. The fraction of sp³-hybridized carbons (Fsp3) is 0.823. The van der Waals surface area contributed by atoms with Crippen molar-refractivity contribution in [1.29, 1.82) is 0 Å². The Labute approximate surface area is 553 Å². The number of hydrogen-bond acceptors (Lipinski definition) is 10. The summed E-state index contributed by atoms with van der Waals surface area (Å²) < 4.78 is 17.7. The van der Waals surface area contributed by atoms with E-state index in [0.29, 0.717) is 12.8 Å². The molecule has 90 heavy (non-hydrogen) atoms. The van der Waals surface area contributed by atoms with Crippen LogP contribution in [0.15, 0.2) is 72.9 Å². The number of aliphatic hydroxyl groups is 5. The van der Waals surface area contributed by atoms with Crippen LogP contribution in [0.5, 0.6) is 0 Å². The number of esters is 1. The number of nitrogens with one attached hydrogen (secondary N) is 1. The monoisotopic (exact) mass is 1270 g/mol. The van der Waals surface area contributed by atoms with Gasteiger partial charge in [0.2, 0.25) is 5.91 Å². The maximum atomic E-state index is 13.5. The van der Waals surface area contributed by atoms with Crippen molar-refractivity contribution < 1.29 is 49.3 Å². The van der Waals surface area contributed by atoms with E-state index in [1.807, 2.05) is 6.08 Å². The number of amides is 1. The molecule has 6 N–H and O–H groups in total. The average molecular weight is 1270 g/mol. The predicted molar refractivity (Wildman–Crippen MR) is 379 cm³/mol. The van der Waals surface area contributed by atoms with E-state index < -0.39 is 67.4 Å². The number of carbonyl (C=O) groups is 2. The van der Waals surface area contributed by atoms with Gasteiger partial charge in [-0.3, -0.25) is 9.59 Å². The van der Waals surface area contributed by atoms with Gasteiger partial charge < -0.3 is 45.1 Å². The molecule has 0 aromatic heterocycles. The van der Waals surface area contributed by atoms with Crippen molar-refractivity contribution in [1.82, 2.24) is 5.32 Å². The summed E-state index contributed by atoms with van der Waals surface area (Å²) in [5, 5.41) is 57.4. The molecule has 1 amide bonds. The standard InChI is InChI=1S/C79H143NO10/c1-4-7-10-13-16-19-22-25-27-29-31-33-35-36-37-39-40-42-44-46-48-51-54-57-60-63-66-72(83)78(87)80-70(71(82)65-62-59-56-53-50-24-21-18-15-12-9-6-3)69-88-79-77(76(86)75(85)73(68-81)89-79)90-74(84)67-64-61-58-55-52-49-47-45-43-41-38-34-32-30-28-26-23-20-17-14-11-8-5-2/h16-17,19-20,25-28,31,33,62,65,70-73,75-77,79,81-83,85-86H,4-15,18,21-24,29-30,32,34-61,63-64,66-69H2,1-3H3,(H,80,87)/b19-16-,20-17-,27-25-,28-26-,33-31-,65-62+. The molecule has 11 heteroatoms. The molecule has 0 saturated carbocycles. The van der Waals surface area contributed by atoms with Gasteiger partial charge >= 0.3 is 5.97 Å². The van der Waals surface area contributed by atoms with Gasteiger partial charge in [-0.2, -0.15) is 0 Å². The zero-order chi connectivity index (χ0) is 65.3. The lowest BCUT2D eigenvalue weighted by atomic mass is 9.99. The van der Waals surface area contributed by atoms with Crippen LogP contribution < -0.4 is 5.32 Å². The summed E-state index contributed by atoms with van der Waals surface area (Å²) in [7, 11) is 0. The molecule has 1 fully saturated rings. The first kappa shape index (κ1) is 85.1. The molecule has 0 bridgehead atoms. The minimum absolute atomic E-state index is 0.123. The minimum Gasteiger partial charge on any atom is -0.454 e. The van der Waals surface area contributed by atoms with Gasteiger partial charge in [-0.1, -0.05) is 325 Å². The fourth-order valence-corrected chi connectivity index (χ4v) is 11.8. The summed E-state index contributed by atoms with van der Waals surface area (Å²) in [4.78, 5) is 26.7. The third-order valence-corrected chi connectivity index (χ3v) is 17.8. The molecular formula is C79H143NO10. The summed E-state index contributed by atoms with van der Waals surface area (Å²) in [6.45, 7) is 5.79. The molecule has 0 aromatic rings. The molecule has 0 aliphatic carbocycles. The van der Waals surface area contributed by atoms with Gasteiger partial charge in [0.25, 0.3) is 0 Å². The van der Waals surface area contributed by atoms with E-state index in [-0.39, 0.29) is 19.4 Å². The molecule has 0 aromatic carbocycles. The first-order valence-electron chi connectivity index (χ1n) is 38.2. The summed E-state index contributed by atoms with van der Waals surface area (Å²) in [6.07, 6.45) is 76.6. The summed E-state index contributed by atoms with van der Waals surface area (Å²) in [5.74, 6) is -1.19. The van der Waals surface area contributed by atoms with Gasteiger partial charge in [-0.05, 0) is 96.3 Å². The molecule has 1 saturated heterocycles. The molecule has 11 nitrogen and oxygen atoms in total. The smallest absolute Gasteiger partial charge is 0.306 e. The van der Waals surface area contributed by atoms with E-state index >= 15 is 0 Å². The molecule has 8 atom stereocenters. The van der Waals surface area contributed by atoms with Crippen molar-refractivity contribution in [2.45, 2.75) is 404 Å². The lowest BCUT2D eigenvalue weighted by Gasteiger charge is -2.41. The van der Waals surface area contributed by atoms with Crippen molar-refractivity contribution in [2.24, 2.45) is 0 Å². The Morgan fingerprint density at radius 2 is 0.767 bits per heavy atom. The fourth-order valence-electron chi connectivity index (χ4n) is 11.8. The van der Waals surface area contributed by atoms with Gasteiger partial charge in [0.15, 0.2) is 12.4 Å². The van der Waals surface area contributed by atoms with E-state index in [1.54, 1.807) is 6.08 Å². The predicted octanol–water partition coefficient (Wildman–Crippen LogP) is 20.2.